The van der Waals surface area contributed by atoms with Gasteiger partial charge in [0.2, 0.25) is 0 Å². The molecular formula is C17H14N2O2S. The van der Waals surface area contributed by atoms with E-state index in [9.17, 15) is 4.79 Å². The van der Waals surface area contributed by atoms with Gasteiger partial charge in [-0.05, 0) is 29.7 Å². The predicted octanol–water partition coefficient (Wildman–Crippen LogP) is 3.20. The molecule has 0 atom stereocenters. The van der Waals surface area contributed by atoms with Crippen molar-refractivity contribution in [2.75, 3.05) is 13.1 Å². The van der Waals surface area contributed by atoms with Crippen molar-refractivity contribution < 1.29 is 9.53 Å². The van der Waals surface area contributed by atoms with Crippen molar-refractivity contribution in [3.63, 3.8) is 0 Å². The Morgan fingerprint density at radius 1 is 1.23 bits per heavy atom. The van der Waals surface area contributed by atoms with Gasteiger partial charge in [0.05, 0.1) is 24.2 Å². The lowest BCUT2D eigenvalue weighted by Gasteiger charge is -2.38. The number of hydrogen-bond donors (Lipinski definition) is 0. The Hall–Kier alpha value is -2.40. The van der Waals surface area contributed by atoms with Gasteiger partial charge in [-0.3, -0.25) is 9.78 Å². The highest BCUT2D eigenvalue weighted by atomic mass is 32.1. The highest BCUT2D eigenvalue weighted by molar-refractivity contribution is 7.20. The van der Waals surface area contributed by atoms with Gasteiger partial charge >= 0.3 is 0 Å². The van der Waals surface area contributed by atoms with Crippen LogP contribution in [-0.4, -0.2) is 35.0 Å². The van der Waals surface area contributed by atoms with Crippen molar-refractivity contribution in [2.24, 2.45) is 0 Å². The molecule has 2 aromatic heterocycles. The molecule has 1 saturated heterocycles. The second-order valence-corrected chi connectivity index (χ2v) is 6.37. The van der Waals surface area contributed by atoms with Gasteiger partial charge in [-0.1, -0.05) is 18.2 Å². The smallest absolute Gasteiger partial charge is 0.264 e. The highest BCUT2D eigenvalue weighted by Crippen LogP contribution is 2.28. The maximum Gasteiger partial charge on any atom is 0.264 e. The van der Waals surface area contributed by atoms with Crippen molar-refractivity contribution >= 4 is 27.3 Å². The maximum atomic E-state index is 12.5. The van der Waals surface area contributed by atoms with E-state index in [0.29, 0.717) is 13.1 Å². The molecule has 3 heterocycles. The molecule has 1 aliphatic heterocycles. The Labute approximate surface area is 132 Å². The fourth-order valence-electron chi connectivity index (χ4n) is 2.53. The standard InChI is InChI=1S/C17H14N2O2S/c20-17(16-8-12-4-1-2-6-15(12)22-16)19-10-14(11-19)21-13-5-3-7-18-9-13/h1-9,14H,10-11H2. The van der Waals surface area contributed by atoms with Crippen LogP contribution in [0.2, 0.25) is 0 Å². The Balaban J connectivity index is 1.41. The number of rotatable bonds is 3. The minimum atomic E-state index is 0.0579. The van der Waals surface area contributed by atoms with Crippen LogP contribution in [0.1, 0.15) is 9.67 Å². The molecule has 3 aromatic rings. The Bertz CT molecular complexity index is 777. The highest BCUT2D eigenvalue weighted by Gasteiger charge is 2.33. The Morgan fingerprint density at radius 3 is 2.86 bits per heavy atom. The first-order valence-electron chi connectivity index (χ1n) is 7.14. The zero-order valence-electron chi connectivity index (χ0n) is 11.8. The van der Waals surface area contributed by atoms with Gasteiger partial charge in [-0.15, -0.1) is 11.3 Å². The van der Waals surface area contributed by atoms with E-state index in [1.54, 1.807) is 23.7 Å². The zero-order valence-corrected chi connectivity index (χ0v) is 12.6. The fourth-order valence-corrected chi connectivity index (χ4v) is 3.56. The topological polar surface area (TPSA) is 42.4 Å². The quantitative estimate of drug-likeness (QED) is 0.746. The number of likely N-dealkylation sites (tertiary alicyclic amines) is 1. The van der Waals surface area contributed by atoms with Gasteiger partial charge in [0, 0.05) is 10.9 Å². The summed E-state index contributed by atoms with van der Waals surface area (Å²) < 4.78 is 6.92. The molecule has 0 spiro atoms. The number of benzene rings is 1. The molecule has 0 radical (unpaired) electrons. The summed E-state index contributed by atoms with van der Waals surface area (Å²) in [5.74, 6) is 0.841. The number of ether oxygens (including phenoxy) is 1. The summed E-state index contributed by atoms with van der Waals surface area (Å²) in [6.07, 6.45) is 3.46. The van der Waals surface area contributed by atoms with Crippen LogP contribution in [-0.2, 0) is 0 Å². The SMILES string of the molecule is O=C(c1cc2ccccc2s1)N1CC(Oc2cccnc2)C1. The first kappa shape index (κ1) is 13.3. The third-order valence-corrected chi connectivity index (χ3v) is 4.81. The largest absolute Gasteiger partial charge is 0.485 e. The molecule has 1 aliphatic rings. The lowest BCUT2D eigenvalue weighted by Crippen LogP contribution is -2.56. The molecule has 22 heavy (non-hydrogen) atoms. The van der Waals surface area contributed by atoms with Crippen LogP contribution < -0.4 is 4.74 Å². The van der Waals surface area contributed by atoms with Crippen LogP contribution in [0.3, 0.4) is 0 Å². The second kappa shape index (κ2) is 5.42. The molecule has 1 amide bonds. The van der Waals surface area contributed by atoms with Gasteiger partial charge in [-0.2, -0.15) is 0 Å². The molecule has 0 aliphatic carbocycles. The lowest BCUT2D eigenvalue weighted by atomic mass is 10.1. The number of thiophene rings is 1. The number of pyridine rings is 1. The minimum absolute atomic E-state index is 0.0579. The molecular weight excluding hydrogens is 296 g/mol. The summed E-state index contributed by atoms with van der Waals surface area (Å²) in [4.78, 5) is 19.1. The van der Waals surface area contributed by atoms with Crippen molar-refractivity contribution in [1.29, 1.82) is 0 Å². The number of aromatic nitrogens is 1. The summed E-state index contributed by atoms with van der Waals surface area (Å²) in [5, 5.41) is 1.12. The molecule has 110 valence electrons. The summed E-state index contributed by atoms with van der Waals surface area (Å²) >= 11 is 1.55. The van der Waals surface area contributed by atoms with Gasteiger partial charge in [0.1, 0.15) is 11.9 Å². The third kappa shape index (κ3) is 2.44. The lowest BCUT2D eigenvalue weighted by molar-refractivity contribution is 0.0180. The number of carbonyl (C=O) groups is 1. The van der Waals surface area contributed by atoms with E-state index < -0.39 is 0 Å². The molecule has 0 bridgehead atoms. The van der Waals surface area contributed by atoms with E-state index in [1.165, 1.54) is 0 Å². The van der Waals surface area contributed by atoms with E-state index in [1.807, 2.05) is 47.4 Å². The van der Waals surface area contributed by atoms with Gasteiger partial charge in [0.25, 0.3) is 5.91 Å². The van der Waals surface area contributed by atoms with Gasteiger partial charge < -0.3 is 9.64 Å². The van der Waals surface area contributed by atoms with E-state index >= 15 is 0 Å². The van der Waals surface area contributed by atoms with Crippen LogP contribution in [0.25, 0.3) is 10.1 Å². The average Bonchev–Trinajstić information content (AvgIpc) is 2.95. The summed E-state index contributed by atoms with van der Waals surface area (Å²) in [7, 11) is 0. The number of fused-ring (bicyclic) bond motifs is 1. The van der Waals surface area contributed by atoms with E-state index in [-0.39, 0.29) is 12.0 Å². The van der Waals surface area contributed by atoms with E-state index in [0.717, 1.165) is 20.7 Å². The Morgan fingerprint density at radius 2 is 2.09 bits per heavy atom. The van der Waals surface area contributed by atoms with Gasteiger partial charge in [0.15, 0.2) is 0 Å². The maximum absolute atomic E-state index is 12.5. The van der Waals surface area contributed by atoms with Crippen molar-refractivity contribution in [3.8, 4) is 5.75 Å². The normalized spacial score (nSPS) is 14.8. The molecule has 0 N–H and O–H groups in total. The number of nitrogens with zero attached hydrogens (tertiary/aromatic N) is 2. The first-order chi connectivity index (χ1) is 10.8. The minimum Gasteiger partial charge on any atom is -0.485 e. The van der Waals surface area contributed by atoms with Crippen LogP contribution in [0.15, 0.2) is 54.9 Å². The van der Waals surface area contributed by atoms with Crippen molar-refractivity contribution in [3.05, 3.63) is 59.7 Å². The predicted molar refractivity (Wildman–Crippen MR) is 86.4 cm³/mol. The molecule has 5 heteroatoms. The molecule has 0 saturated carbocycles. The van der Waals surface area contributed by atoms with E-state index in [4.69, 9.17) is 4.74 Å². The fraction of sp³-hybridized carbons (Fsp3) is 0.176. The number of carbonyl (C=O) groups excluding carboxylic acids is 1. The third-order valence-electron chi connectivity index (χ3n) is 3.71. The van der Waals surface area contributed by atoms with Crippen LogP contribution in [0, 0.1) is 0 Å². The van der Waals surface area contributed by atoms with Crippen LogP contribution in [0.4, 0.5) is 0 Å². The second-order valence-electron chi connectivity index (χ2n) is 5.29. The van der Waals surface area contributed by atoms with E-state index in [2.05, 4.69) is 4.98 Å². The summed E-state index contributed by atoms with van der Waals surface area (Å²) in [5.41, 5.74) is 0. The monoisotopic (exact) mass is 310 g/mol. The molecule has 1 aromatic carbocycles. The zero-order chi connectivity index (χ0) is 14.9. The van der Waals surface area contributed by atoms with Crippen LogP contribution in [0.5, 0.6) is 5.75 Å². The first-order valence-corrected chi connectivity index (χ1v) is 7.96. The Kier molecular flexibility index (Phi) is 3.27. The summed E-state index contributed by atoms with van der Waals surface area (Å²) in [6.45, 7) is 1.25. The molecule has 1 fully saturated rings. The number of amides is 1. The molecule has 4 rings (SSSR count). The van der Waals surface area contributed by atoms with Crippen molar-refractivity contribution in [1.82, 2.24) is 9.88 Å². The van der Waals surface area contributed by atoms with Crippen molar-refractivity contribution in [2.45, 2.75) is 6.10 Å². The average molecular weight is 310 g/mol. The molecule has 4 nitrogen and oxygen atoms in total. The van der Waals surface area contributed by atoms with Gasteiger partial charge in [-0.25, -0.2) is 0 Å². The molecule has 0 unspecified atom stereocenters. The van der Waals surface area contributed by atoms with Crippen LogP contribution >= 0.6 is 11.3 Å². The number of hydrogen-bond acceptors (Lipinski definition) is 4. The summed E-state index contributed by atoms with van der Waals surface area (Å²) in [6, 6.07) is 13.8.